The van der Waals surface area contributed by atoms with Crippen molar-refractivity contribution in [1.82, 2.24) is 0 Å². The number of nitrogens with zero attached hydrogens (tertiary/aromatic N) is 1. The Morgan fingerprint density at radius 1 is 0.449 bits per heavy atom. The van der Waals surface area contributed by atoms with E-state index >= 15 is 0 Å². The SMILES string of the molecule is [2H]c1c([2H])c(N(c2cccc(-c3ccccc3)c2)c2cccc3oc4c5ccccc5ccc4c23)c([2H])c([2H])c1-c1c([2H])c([2H])c([2H])c2oc3c([2H])c([2H])c([2H])c([2H])c3c12. The molecule has 0 saturated heterocycles. The number of rotatable bonds is 5. The molecule has 2 heterocycles. The minimum atomic E-state index is -0.641. The van der Waals surface area contributed by atoms with Crippen LogP contribution in [0.1, 0.15) is 15.1 Å². The summed E-state index contributed by atoms with van der Waals surface area (Å²) < 4.78 is 111. The molecule has 10 rings (SSSR count). The van der Waals surface area contributed by atoms with Gasteiger partial charge >= 0.3 is 0 Å². The van der Waals surface area contributed by atoms with Crippen LogP contribution in [0.3, 0.4) is 0 Å². The fourth-order valence-corrected chi connectivity index (χ4v) is 6.66. The maximum absolute atomic E-state index is 9.70. The molecule has 230 valence electrons. The molecule has 0 unspecified atom stereocenters. The van der Waals surface area contributed by atoms with E-state index in [0.717, 1.165) is 27.3 Å². The van der Waals surface area contributed by atoms with Crippen LogP contribution >= 0.6 is 0 Å². The van der Waals surface area contributed by atoms with Gasteiger partial charge in [-0.3, -0.25) is 0 Å². The van der Waals surface area contributed by atoms with Crippen LogP contribution in [0, 0.1) is 0 Å². The first-order chi connectivity index (χ1) is 28.9. The molecule has 0 saturated carbocycles. The monoisotopic (exact) mass is 638 g/mol. The smallest absolute Gasteiger partial charge is 0.143 e. The van der Waals surface area contributed by atoms with Crippen LogP contribution < -0.4 is 4.90 Å². The van der Waals surface area contributed by atoms with Crippen LogP contribution in [-0.4, -0.2) is 0 Å². The number of benzene rings is 8. The molecule has 0 atom stereocenters. The first-order valence-corrected chi connectivity index (χ1v) is 15.7. The van der Waals surface area contributed by atoms with E-state index in [0.29, 0.717) is 27.9 Å². The highest BCUT2D eigenvalue weighted by atomic mass is 16.3. The van der Waals surface area contributed by atoms with Crippen molar-refractivity contribution in [3.8, 4) is 22.3 Å². The Balaban J connectivity index is 1.31. The molecule has 0 amide bonds. The van der Waals surface area contributed by atoms with Gasteiger partial charge in [-0.2, -0.15) is 0 Å². The average molecular weight is 639 g/mol. The molecule has 3 nitrogen and oxygen atoms in total. The van der Waals surface area contributed by atoms with Crippen molar-refractivity contribution in [2.45, 2.75) is 0 Å². The molecule has 0 spiro atoms. The summed E-state index contributed by atoms with van der Waals surface area (Å²) in [7, 11) is 0. The Bertz CT molecular complexity index is 3440. The quantitative estimate of drug-likeness (QED) is 0.188. The van der Waals surface area contributed by atoms with E-state index in [-0.39, 0.29) is 38.8 Å². The van der Waals surface area contributed by atoms with Gasteiger partial charge in [-0.25, -0.2) is 0 Å². The first-order valence-electron chi connectivity index (χ1n) is 21.2. The number of anilines is 3. The summed E-state index contributed by atoms with van der Waals surface area (Å²) in [5.74, 6) is 0. The van der Waals surface area contributed by atoms with Gasteiger partial charge in [0.05, 0.1) is 26.2 Å². The molecule has 0 aliphatic rings. The molecule has 0 aliphatic heterocycles. The molecular weight excluding hydrogens is 599 g/mol. The van der Waals surface area contributed by atoms with Crippen molar-refractivity contribution < 1.29 is 23.9 Å². The van der Waals surface area contributed by atoms with E-state index in [4.69, 9.17) is 18.4 Å². The third-order valence-electron chi connectivity index (χ3n) is 8.85. The van der Waals surface area contributed by atoms with Crippen LogP contribution in [0.4, 0.5) is 17.1 Å². The minimum Gasteiger partial charge on any atom is -0.456 e. The number of hydrogen-bond acceptors (Lipinski definition) is 3. The van der Waals surface area contributed by atoms with Gasteiger partial charge in [0, 0.05) is 32.9 Å². The normalized spacial score (nSPS) is 14.8. The van der Waals surface area contributed by atoms with Gasteiger partial charge in [-0.1, -0.05) is 121 Å². The Kier molecular flexibility index (Phi) is 4.19. The number of fused-ring (bicyclic) bond motifs is 8. The molecule has 0 fully saturated rings. The van der Waals surface area contributed by atoms with E-state index in [1.807, 2.05) is 103 Å². The number of hydrogen-bond donors (Lipinski definition) is 0. The molecule has 8 aromatic carbocycles. The fourth-order valence-electron chi connectivity index (χ4n) is 6.66. The molecule has 3 heteroatoms. The van der Waals surface area contributed by atoms with E-state index < -0.39 is 66.5 Å². The zero-order valence-corrected chi connectivity index (χ0v) is 25.7. The predicted octanol–water partition coefficient (Wildman–Crippen LogP) is 13.4. The highest BCUT2D eigenvalue weighted by Crippen LogP contribution is 2.45. The lowest BCUT2D eigenvalue weighted by molar-refractivity contribution is 0.669. The van der Waals surface area contributed by atoms with Crippen molar-refractivity contribution in [1.29, 1.82) is 0 Å². The third-order valence-corrected chi connectivity index (χ3v) is 8.85. The van der Waals surface area contributed by atoms with Gasteiger partial charge in [-0.05, 0) is 82.1 Å². The lowest BCUT2D eigenvalue weighted by Crippen LogP contribution is -2.10. The highest BCUT2D eigenvalue weighted by Gasteiger charge is 2.21. The number of furan rings is 2. The van der Waals surface area contributed by atoms with Crippen molar-refractivity contribution >= 4 is 71.7 Å². The Morgan fingerprint density at radius 2 is 1.24 bits per heavy atom. The van der Waals surface area contributed by atoms with Gasteiger partial charge in [0.15, 0.2) is 0 Å². The van der Waals surface area contributed by atoms with E-state index in [9.17, 15) is 5.48 Å². The van der Waals surface area contributed by atoms with Gasteiger partial charge in [0.2, 0.25) is 0 Å². The molecule has 0 N–H and O–H groups in total. The van der Waals surface area contributed by atoms with Crippen LogP contribution in [0.2, 0.25) is 0 Å². The molecule has 0 bridgehead atoms. The Morgan fingerprint density at radius 3 is 2.16 bits per heavy atom. The second-order valence-electron chi connectivity index (χ2n) is 11.7. The minimum absolute atomic E-state index is 0.119. The van der Waals surface area contributed by atoms with Crippen LogP contribution in [0.15, 0.2) is 184 Å². The second kappa shape index (κ2) is 11.0. The molecule has 2 aromatic heterocycles. The fraction of sp³-hybridized carbons (Fsp3) is 0. The lowest BCUT2D eigenvalue weighted by atomic mass is 9.98. The zero-order chi connectivity index (χ0) is 41.9. The maximum Gasteiger partial charge on any atom is 0.143 e. The Hall–Kier alpha value is -6.58. The van der Waals surface area contributed by atoms with Crippen molar-refractivity contribution in [3.63, 3.8) is 0 Å². The van der Waals surface area contributed by atoms with Crippen LogP contribution in [-0.2, 0) is 0 Å². The second-order valence-corrected chi connectivity index (χ2v) is 11.7. The number of para-hydroxylation sites is 1. The summed E-state index contributed by atoms with van der Waals surface area (Å²) in [4.78, 5) is 1.67. The van der Waals surface area contributed by atoms with E-state index in [1.54, 1.807) is 11.0 Å². The average Bonchev–Trinajstić information content (AvgIpc) is 3.87. The van der Waals surface area contributed by atoms with Crippen LogP contribution in [0.25, 0.3) is 76.9 Å². The Labute approximate surface area is 298 Å². The van der Waals surface area contributed by atoms with Crippen molar-refractivity contribution in [2.75, 3.05) is 4.90 Å². The molecular formula is C46H29NO2. The summed E-state index contributed by atoms with van der Waals surface area (Å²) in [5.41, 5.74) is 2.47. The molecule has 0 radical (unpaired) electrons. The van der Waals surface area contributed by atoms with Gasteiger partial charge in [0.25, 0.3) is 0 Å². The third kappa shape index (κ3) is 4.44. The van der Waals surface area contributed by atoms with Crippen molar-refractivity contribution in [2.24, 2.45) is 0 Å². The predicted molar refractivity (Wildman–Crippen MR) is 204 cm³/mol. The van der Waals surface area contributed by atoms with Gasteiger partial charge in [-0.15, -0.1) is 0 Å². The zero-order valence-electron chi connectivity index (χ0n) is 36.7. The summed E-state index contributed by atoms with van der Waals surface area (Å²) >= 11 is 0. The summed E-state index contributed by atoms with van der Waals surface area (Å²) in [6.07, 6.45) is 0. The summed E-state index contributed by atoms with van der Waals surface area (Å²) in [6, 6.07) is 28.3. The summed E-state index contributed by atoms with van der Waals surface area (Å²) in [6.45, 7) is 0. The van der Waals surface area contributed by atoms with Crippen LogP contribution in [0.5, 0.6) is 0 Å². The van der Waals surface area contributed by atoms with E-state index in [1.165, 1.54) is 0 Å². The lowest BCUT2D eigenvalue weighted by Gasteiger charge is -2.27. The topological polar surface area (TPSA) is 29.5 Å². The largest absolute Gasteiger partial charge is 0.456 e. The molecule has 49 heavy (non-hydrogen) atoms. The molecule has 10 aromatic rings. The maximum atomic E-state index is 9.70. The van der Waals surface area contributed by atoms with Gasteiger partial charge in [0.1, 0.15) is 22.3 Å². The highest BCUT2D eigenvalue weighted by molar-refractivity contribution is 6.19. The van der Waals surface area contributed by atoms with E-state index in [2.05, 4.69) is 0 Å². The van der Waals surface area contributed by atoms with Crippen molar-refractivity contribution in [3.05, 3.63) is 176 Å². The molecule has 0 aliphatic carbocycles. The first kappa shape index (κ1) is 18.7. The summed E-state index contributed by atoms with van der Waals surface area (Å²) in [5, 5.41) is 2.94. The van der Waals surface area contributed by atoms with Gasteiger partial charge < -0.3 is 13.7 Å². The standard InChI is InChI=1S/C46H29NO2/c1-2-11-30(12-3-1)33-14-8-15-35(29-33)47(40-19-10-22-43-45(40)39-28-25-31-13-4-5-16-37(31)46(39)49-43)34-26-23-32(24-27-34)36-18-9-21-42-44(36)38-17-6-7-20-41(38)48-42/h1-29H/i6D,7D,9D,17D,18D,20D,21D,23D,24D,26D,27D.